The van der Waals surface area contributed by atoms with E-state index in [-0.39, 0.29) is 12.6 Å². The summed E-state index contributed by atoms with van der Waals surface area (Å²) in [6.45, 7) is 7.09. The van der Waals surface area contributed by atoms with Gasteiger partial charge >= 0.3 is 5.97 Å². The molecule has 0 amide bonds. The molecule has 7 heteroatoms. The number of rotatable bonds is 8. The van der Waals surface area contributed by atoms with Gasteiger partial charge in [-0.15, -0.1) is 11.6 Å². The highest BCUT2D eigenvalue weighted by molar-refractivity contribution is 7.88. The van der Waals surface area contributed by atoms with Crippen molar-refractivity contribution in [2.75, 3.05) is 12.9 Å². The van der Waals surface area contributed by atoms with Crippen LogP contribution >= 0.6 is 11.6 Å². The molecule has 0 fully saturated rings. The Labute approximate surface area is 119 Å². The van der Waals surface area contributed by atoms with E-state index in [1.54, 1.807) is 19.9 Å². The van der Waals surface area contributed by atoms with Gasteiger partial charge in [0.25, 0.3) is 0 Å². The predicted octanol–water partition coefficient (Wildman–Crippen LogP) is 1.80. The van der Waals surface area contributed by atoms with E-state index in [9.17, 15) is 13.2 Å². The molecule has 0 aliphatic heterocycles. The van der Waals surface area contributed by atoms with Gasteiger partial charge in [0.2, 0.25) is 10.0 Å². The standard InChI is InChI=1S/C12H20ClNO4S/c1-5-9-18-11(15)12(2,3)8-6-7-10(13)14-19(4,16)17/h5-7,10,14H,1,8-9H2,2-4H3. The van der Waals surface area contributed by atoms with Crippen LogP contribution in [0.1, 0.15) is 20.3 Å². The Morgan fingerprint density at radius 3 is 2.58 bits per heavy atom. The normalized spacial score (nSPS) is 14.3. The summed E-state index contributed by atoms with van der Waals surface area (Å²) in [6, 6.07) is 0. The topological polar surface area (TPSA) is 72.5 Å². The van der Waals surface area contributed by atoms with Gasteiger partial charge in [0.05, 0.1) is 11.7 Å². The number of allylic oxidation sites excluding steroid dienone is 1. The number of esters is 1. The molecule has 19 heavy (non-hydrogen) atoms. The minimum atomic E-state index is -3.35. The molecule has 0 rings (SSSR count). The van der Waals surface area contributed by atoms with Crippen molar-refractivity contribution < 1.29 is 17.9 Å². The van der Waals surface area contributed by atoms with Crippen LogP contribution in [0.3, 0.4) is 0 Å². The second-order valence-electron chi connectivity index (χ2n) is 4.70. The van der Waals surface area contributed by atoms with Crippen LogP contribution in [-0.4, -0.2) is 32.8 Å². The zero-order valence-electron chi connectivity index (χ0n) is 11.3. The molecule has 0 saturated carbocycles. The van der Waals surface area contributed by atoms with Crippen LogP contribution in [0, 0.1) is 5.41 Å². The van der Waals surface area contributed by atoms with E-state index < -0.39 is 20.9 Å². The van der Waals surface area contributed by atoms with Gasteiger partial charge in [-0.3, -0.25) is 4.79 Å². The first-order chi connectivity index (χ1) is 8.58. The van der Waals surface area contributed by atoms with Gasteiger partial charge in [0, 0.05) is 0 Å². The number of alkyl halides is 1. The number of halogens is 1. The van der Waals surface area contributed by atoms with E-state index in [0.29, 0.717) is 6.42 Å². The van der Waals surface area contributed by atoms with Crippen molar-refractivity contribution in [3.8, 4) is 0 Å². The zero-order valence-corrected chi connectivity index (χ0v) is 12.9. The van der Waals surface area contributed by atoms with Crippen LogP contribution in [0.5, 0.6) is 0 Å². The number of nitrogens with one attached hydrogen (secondary N) is 1. The van der Waals surface area contributed by atoms with Gasteiger partial charge in [-0.2, -0.15) is 4.72 Å². The molecule has 1 N–H and O–H groups in total. The molecule has 0 aromatic carbocycles. The number of carbonyl (C=O) groups excluding carboxylic acids is 1. The van der Waals surface area contributed by atoms with E-state index in [1.165, 1.54) is 12.2 Å². The summed E-state index contributed by atoms with van der Waals surface area (Å²) in [4.78, 5) is 11.7. The van der Waals surface area contributed by atoms with Crippen molar-refractivity contribution in [2.45, 2.75) is 25.8 Å². The minimum Gasteiger partial charge on any atom is -0.461 e. The lowest BCUT2D eigenvalue weighted by Crippen LogP contribution is -2.29. The second kappa shape index (κ2) is 7.67. The molecule has 1 unspecified atom stereocenters. The van der Waals surface area contributed by atoms with E-state index in [0.717, 1.165) is 6.26 Å². The summed E-state index contributed by atoms with van der Waals surface area (Å²) in [5, 5.41) is 0. The van der Waals surface area contributed by atoms with Crippen molar-refractivity contribution in [1.29, 1.82) is 0 Å². The fourth-order valence-corrected chi connectivity index (χ4v) is 2.22. The molecule has 0 spiro atoms. The van der Waals surface area contributed by atoms with Crippen LogP contribution in [0.15, 0.2) is 24.8 Å². The number of ether oxygens (including phenoxy) is 1. The number of hydrogen-bond donors (Lipinski definition) is 1. The first kappa shape index (κ1) is 18.1. The summed E-state index contributed by atoms with van der Waals surface area (Å²) >= 11 is 5.75. The first-order valence-corrected chi connectivity index (χ1v) is 7.97. The highest BCUT2D eigenvalue weighted by Gasteiger charge is 2.27. The molecule has 0 aliphatic rings. The lowest BCUT2D eigenvalue weighted by atomic mass is 9.89. The van der Waals surface area contributed by atoms with Crippen molar-refractivity contribution in [1.82, 2.24) is 4.72 Å². The molecule has 0 aromatic rings. The number of hydrogen-bond acceptors (Lipinski definition) is 4. The average Bonchev–Trinajstić information content (AvgIpc) is 2.22. The average molecular weight is 310 g/mol. The Morgan fingerprint density at radius 1 is 1.53 bits per heavy atom. The molecular weight excluding hydrogens is 290 g/mol. The Bertz CT molecular complexity index is 443. The van der Waals surface area contributed by atoms with Gasteiger partial charge in [0.15, 0.2) is 0 Å². The summed E-state index contributed by atoms with van der Waals surface area (Å²) in [7, 11) is -3.35. The third-order valence-corrected chi connectivity index (χ3v) is 3.21. The summed E-state index contributed by atoms with van der Waals surface area (Å²) in [6.07, 6.45) is 6.02. The molecule has 0 aliphatic carbocycles. The molecule has 0 aromatic heterocycles. The number of sulfonamides is 1. The van der Waals surface area contributed by atoms with Gasteiger partial charge in [-0.25, -0.2) is 8.42 Å². The lowest BCUT2D eigenvalue weighted by molar-refractivity contribution is -0.152. The van der Waals surface area contributed by atoms with Crippen LogP contribution in [0.25, 0.3) is 0 Å². The lowest BCUT2D eigenvalue weighted by Gasteiger charge is -2.20. The Kier molecular flexibility index (Phi) is 7.33. The zero-order chi connectivity index (χ0) is 15.1. The SMILES string of the molecule is C=CCOC(=O)C(C)(C)CC=CC(Cl)NS(C)(=O)=O. The van der Waals surface area contributed by atoms with E-state index in [2.05, 4.69) is 11.3 Å². The van der Waals surface area contributed by atoms with E-state index >= 15 is 0 Å². The van der Waals surface area contributed by atoms with Gasteiger partial charge in [0.1, 0.15) is 12.1 Å². The molecular formula is C12H20ClNO4S. The summed E-state index contributed by atoms with van der Waals surface area (Å²) in [5.74, 6) is -0.348. The molecule has 110 valence electrons. The van der Waals surface area contributed by atoms with Gasteiger partial charge in [-0.1, -0.05) is 24.8 Å². The Hall–Kier alpha value is -0.850. The maximum atomic E-state index is 11.7. The minimum absolute atomic E-state index is 0.166. The van der Waals surface area contributed by atoms with Crippen LogP contribution in [-0.2, 0) is 19.6 Å². The number of carbonyl (C=O) groups is 1. The monoisotopic (exact) mass is 309 g/mol. The summed E-state index contributed by atoms with van der Waals surface area (Å²) < 4.78 is 29.0. The largest absolute Gasteiger partial charge is 0.461 e. The van der Waals surface area contributed by atoms with Crippen molar-refractivity contribution in [2.24, 2.45) is 5.41 Å². The van der Waals surface area contributed by atoms with Gasteiger partial charge in [-0.05, 0) is 20.3 Å². The molecule has 1 atom stereocenters. The third kappa shape index (κ3) is 8.80. The van der Waals surface area contributed by atoms with Crippen molar-refractivity contribution >= 4 is 27.6 Å². The quantitative estimate of drug-likeness (QED) is 0.321. The highest BCUT2D eigenvalue weighted by atomic mass is 35.5. The van der Waals surface area contributed by atoms with Crippen molar-refractivity contribution in [3.63, 3.8) is 0 Å². The first-order valence-electron chi connectivity index (χ1n) is 5.64. The molecule has 0 heterocycles. The predicted molar refractivity (Wildman–Crippen MR) is 76.3 cm³/mol. The third-order valence-electron chi connectivity index (χ3n) is 2.14. The highest BCUT2D eigenvalue weighted by Crippen LogP contribution is 2.23. The maximum absolute atomic E-state index is 11.7. The van der Waals surface area contributed by atoms with Crippen LogP contribution in [0.2, 0.25) is 0 Å². The maximum Gasteiger partial charge on any atom is 0.312 e. The van der Waals surface area contributed by atoms with E-state index in [4.69, 9.17) is 16.3 Å². The Balaban J connectivity index is 4.36. The molecule has 0 radical (unpaired) electrons. The molecule has 5 nitrogen and oxygen atoms in total. The van der Waals surface area contributed by atoms with Gasteiger partial charge < -0.3 is 4.74 Å². The van der Waals surface area contributed by atoms with Crippen LogP contribution in [0.4, 0.5) is 0 Å². The smallest absolute Gasteiger partial charge is 0.312 e. The summed E-state index contributed by atoms with van der Waals surface area (Å²) in [5.41, 5.74) is -1.55. The molecule has 0 saturated heterocycles. The fourth-order valence-electron chi connectivity index (χ4n) is 1.14. The Morgan fingerprint density at radius 2 is 2.11 bits per heavy atom. The molecule has 0 bridgehead atoms. The van der Waals surface area contributed by atoms with Crippen LogP contribution < -0.4 is 4.72 Å². The van der Waals surface area contributed by atoms with E-state index in [1.807, 2.05) is 0 Å². The van der Waals surface area contributed by atoms with Crippen molar-refractivity contribution in [3.05, 3.63) is 24.8 Å². The second-order valence-corrected chi connectivity index (χ2v) is 6.95. The fraction of sp³-hybridized carbons (Fsp3) is 0.583.